The Labute approximate surface area is 112 Å². The van der Waals surface area contributed by atoms with Gasteiger partial charge in [-0.15, -0.1) is 10.2 Å². The van der Waals surface area contributed by atoms with Crippen LogP contribution in [0, 0.1) is 0 Å². The molecule has 0 fully saturated rings. The van der Waals surface area contributed by atoms with Gasteiger partial charge < -0.3 is 14.4 Å². The Morgan fingerprint density at radius 1 is 1.11 bits per heavy atom. The third kappa shape index (κ3) is 3.00. The standard InChI is InChI=1S/C14H17N3O2/c1-17(10-18-2)13-9-12(15-16-14(13)19-3)11-7-5-4-6-8-11/h4-9H,10H2,1-3H3. The third-order valence-electron chi connectivity index (χ3n) is 2.74. The molecule has 0 saturated heterocycles. The molecule has 0 aliphatic rings. The van der Waals surface area contributed by atoms with Gasteiger partial charge in [0, 0.05) is 19.7 Å². The zero-order chi connectivity index (χ0) is 13.7. The minimum Gasteiger partial charge on any atom is -0.478 e. The second-order valence-electron chi connectivity index (χ2n) is 4.11. The lowest BCUT2D eigenvalue weighted by Gasteiger charge is -2.20. The van der Waals surface area contributed by atoms with Crippen LogP contribution in [0.3, 0.4) is 0 Å². The molecule has 5 heteroatoms. The number of hydrogen-bond donors (Lipinski definition) is 0. The molecule has 0 bridgehead atoms. The van der Waals surface area contributed by atoms with E-state index < -0.39 is 0 Å². The molecule has 0 aliphatic carbocycles. The summed E-state index contributed by atoms with van der Waals surface area (Å²) >= 11 is 0. The van der Waals surface area contributed by atoms with Gasteiger partial charge in [0.2, 0.25) is 0 Å². The van der Waals surface area contributed by atoms with E-state index in [2.05, 4.69) is 10.2 Å². The Morgan fingerprint density at radius 3 is 2.47 bits per heavy atom. The molecule has 1 aromatic carbocycles. The summed E-state index contributed by atoms with van der Waals surface area (Å²) in [6.45, 7) is 0.455. The Kier molecular flexibility index (Phi) is 4.30. The Morgan fingerprint density at radius 2 is 1.84 bits per heavy atom. The van der Waals surface area contributed by atoms with Crippen molar-refractivity contribution in [1.29, 1.82) is 0 Å². The van der Waals surface area contributed by atoms with Crippen molar-refractivity contribution in [3.05, 3.63) is 36.4 Å². The predicted octanol–water partition coefficient (Wildman–Crippen LogP) is 2.19. The molecular weight excluding hydrogens is 242 g/mol. The van der Waals surface area contributed by atoms with Gasteiger partial charge in [-0.05, 0) is 6.07 Å². The smallest absolute Gasteiger partial charge is 0.257 e. The molecule has 0 amide bonds. The van der Waals surface area contributed by atoms with E-state index in [4.69, 9.17) is 9.47 Å². The van der Waals surface area contributed by atoms with Crippen LogP contribution in [0.2, 0.25) is 0 Å². The van der Waals surface area contributed by atoms with Gasteiger partial charge in [0.15, 0.2) is 0 Å². The SMILES string of the molecule is COCN(C)c1cc(-c2ccccc2)nnc1OC. The van der Waals surface area contributed by atoms with Gasteiger partial charge in [0.25, 0.3) is 5.88 Å². The van der Waals surface area contributed by atoms with Gasteiger partial charge in [0.05, 0.1) is 12.8 Å². The van der Waals surface area contributed by atoms with Gasteiger partial charge in [-0.2, -0.15) is 0 Å². The maximum atomic E-state index is 5.23. The second kappa shape index (κ2) is 6.15. The number of anilines is 1. The molecule has 0 spiro atoms. The topological polar surface area (TPSA) is 47.5 Å². The zero-order valence-electron chi connectivity index (χ0n) is 11.3. The summed E-state index contributed by atoms with van der Waals surface area (Å²) in [6.07, 6.45) is 0. The van der Waals surface area contributed by atoms with Crippen LogP contribution in [0.15, 0.2) is 36.4 Å². The average molecular weight is 259 g/mol. The molecule has 100 valence electrons. The Hall–Kier alpha value is -2.14. The number of hydrogen-bond acceptors (Lipinski definition) is 5. The van der Waals surface area contributed by atoms with Crippen LogP contribution in [0.4, 0.5) is 5.69 Å². The zero-order valence-corrected chi connectivity index (χ0v) is 11.3. The third-order valence-corrected chi connectivity index (χ3v) is 2.74. The van der Waals surface area contributed by atoms with Gasteiger partial charge in [0.1, 0.15) is 12.4 Å². The second-order valence-corrected chi connectivity index (χ2v) is 4.11. The number of rotatable bonds is 5. The van der Waals surface area contributed by atoms with E-state index in [0.717, 1.165) is 16.9 Å². The number of nitrogens with zero attached hydrogens (tertiary/aromatic N) is 3. The van der Waals surface area contributed by atoms with Crippen molar-refractivity contribution < 1.29 is 9.47 Å². The van der Waals surface area contributed by atoms with E-state index in [1.165, 1.54) is 0 Å². The first-order valence-corrected chi connectivity index (χ1v) is 5.93. The number of benzene rings is 1. The molecule has 0 atom stereocenters. The molecule has 2 rings (SSSR count). The van der Waals surface area contributed by atoms with E-state index in [1.807, 2.05) is 48.3 Å². The maximum absolute atomic E-state index is 5.23. The fourth-order valence-electron chi connectivity index (χ4n) is 1.80. The van der Waals surface area contributed by atoms with Gasteiger partial charge in [-0.3, -0.25) is 0 Å². The van der Waals surface area contributed by atoms with E-state index in [-0.39, 0.29) is 0 Å². The number of aromatic nitrogens is 2. The lowest BCUT2D eigenvalue weighted by molar-refractivity contribution is 0.201. The lowest BCUT2D eigenvalue weighted by Crippen LogP contribution is -2.21. The van der Waals surface area contributed by atoms with Gasteiger partial charge in [-0.25, -0.2) is 0 Å². The fourth-order valence-corrected chi connectivity index (χ4v) is 1.80. The summed E-state index contributed by atoms with van der Waals surface area (Å²) in [4.78, 5) is 1.92. The molecule has 5 nitrogen and oxygen atoms in total. The van der Waals surface area contributed by atoms with Gasteiger partial charge >= 0.3 is 0 Å². The van der Waals surface area contributed by atoms with E-state index >= 15 is 0 Å². The highest BCUT2D eigenvalue weighted by molar-refractivity contribution is 5.66. The number of ether oxygens (including phenoxy) is 2. The van der Waals surface area contributed by atoms with Crippen LogP contribution in [0.1, 0.15) is 0 Å². The van der Waals surface area contributed by atoms with Crippen molar-refractivity contribution in [3.8, 4) is 17.1 Å². The summed E-state index contributed by atoms with van der Waals surface area (Å²) in [6, 6.07) is 11.9. The normalized spacial score (nSPS) is 10.3. The van der Waals surface area contributed by atoms with Crippen LogP contribution >= 0.6 is 0 Å². The minimum atomic E-state index is 0.455. The quantitative estimate of drug-likeness (QED) is 0.770. The van der Waals surface area contributed by atoms with Crippen LogP contribution in [-0.2, 0) is 4.74 Å². The van der Waals surface area contributed by atoms with Crippen LogP contribution in [0.25, 0.3) is 11.3 Å². The molecule has 1 heterocycles. The first kappa shape index (κ1) is 13.3. The summed E-state index contributed by atoms with van der Waals surface area (Å²) in [5, 5.41) is 8.29. The molecule has 2 aromatic rings. The van der Waals surface area contributed by atoms with Crippen molar-refractivity contribution in [1.82, 2.24) is 10.2 Å². The van der Waals surface area contributed by atoms with Gasteiger partial charge in [-0.1, -0.05) is 30.3 Å². The van der Waals surface area contributed by atoms with Crippen LogP contribution in [0.5, 0.6) is 5.88 Å². The van der Waals surface area contributed by atoms with Crippen molar-refractivity contribution in [3.63, 3.8) is 0 Å². The average Bonchev–Trinajstić information content (AvgIpc) is 2.47. The first-order valence-electron chi connectivity index (χ1n) is 5.93. The highest BCUT2D eigenvalue weighted by Crippen LogP contribution is 2.28. The molecule has 1 aromatic heterocycles. The number of methoxy groups -OCH3 is 2. The van der Waals surface area contributed by atoms with E-state index in [0.29, 0.717) is 12.6 Å². The summed E-state index contributed by atoms with van der Waals surface area (Å²) in [5.41, 5.74) is 2.67. The Bertz CT molecular complexity index is 531. The Balaban J connectivity index is 2.41. The summed E-state index contributed by atoms with van der Waals surface area (Å²) < 4.78 is 10.4. The van der Waals surface area contributed by atoms with Crippen LogP contribution < -0.4 is 9.64 Å². The summed E-state index contributed by atoms with van der Waals surface area (Å²) in [5.74, 6) is 0.485. The van der Waals surface area contributed by atoms with Crippen LogP contribution in [-0.4, -0.2) is 38.2 Å². The van der Waals surface area contributed by atoms with Crippen molar-refractivity contribution in [2.45, 2.75) is 0 Å². The molecule has 0 unspecified atom stereocenters. The molecule has 19 heavy (non-hydrogen) atoms. The van der Waals surface area contributed by atoms with Crippen molar-refractivity contribution >= 4 is 5.69 Å². The van der Waals surface area contributed by atoms with E-state index in [9.17, 15) is 0 Å². The van der Waals surface area contributed by atoms with E-state index in [1.54, 1.807) is 14.2 Å². The lowest BCUT2D eigenvalue weighted by atomic mass is 10.1. The maximum Gasteiger partial charge on any atom is 0.257 e. The molecule has 0 N–H and O–H groups in total. The molecular formula is C14H17N3O2. The van der Waals surface area contributed by atoms with Crippen molar-refractivity contribution in [2.75, 3.05) is 32.9 Å². The summed E-state index contributed by atoms with van der Waals surface area (Å²) in [7, 11) is 5.14. The molecule has 0 radical (unpaired) electrons. The van der Waals surface area contributed by atoms with Crippen molar-refractivity contribution in [2.24, 2.45) is 0 Å². The first-order chi connectivity index (χ1) is 9.26. The highest BCUT2D eigenvalue weighted by Gasteiger charge is 2.12. The molecule has 0 saturated carbocycles. The highest BCUT2D eigenvalue weighted by atomic mass is 16.5. The predicted molar refractivity (Wildman–Crippen MR) is 74.3 cm³/mol. The molecule has 0 aliphatic heterocycles. The minimum absolute atomic E-state index is 0.455. The monoisotopic (exact) mass is 259 g/mol. The largest absolute Gasteiger partial charge is 0.478 e. The fraction of sp³-hybridized carbons (Fsp3) is 0.286.